The molecule has 3 amide bonds. The van der Waals surface area contributed by atoms with Gasteiger partial charge in [0.1, 0.15) is 18.1 Å². The number of rotatable bonds is 6. The SMILES string of the molecule is Cc1ccc(COc2ccc(C=C3NC(=O)N(Cc4ccccc4)C3=O)cc2)cc1. The van der Waals surface area contributed by atoms with Gasteiger partial charge in [-0.1, -0.05) is 72.3 Å². The molecule has 1 fully saturated rings. The number of ether oxygens (including phenoxy) is 1. The van der Waals surface area contributed by atoms with E-state index in [0.29, 0.717) is 6.61 Å². The number of amides is 3. The van der Waals surface area contributed by atoms with Crippen molar-refractivity contribution >= 4 is 18.0 Å². The van der Waals surface area contributed by atoms with Gasteiger partial charge in [-0.3, -0.25) is 9.69 Å². The maximum atomic E-state index is 12.6. The van der Waals surface area contributed by atoms with Gasteiger partial charge < -0.3 is 10.1 Å². The molecule has 150 valence electrons. The first-order chi connectivity index (χ1) is 14.6. The van der Waals surface area contributed by atoms with Crippen molar-refractivity contribution in [2.45, 2.75) is 20.1 Å². The van der Waals surface area contributed by atoms with E-state index in [9.17, 15) is 9.59 Å². The summed E-state index contributed by atoms with van der Waals surface area (Å²) in [6, 6.07) is 24.6. The lowest BCUT2D eigenvalue weighted by molar-refractivity contribution is -0.123. The minimum absolute atomic E-state index is 0.245. The summed E-state index contributed by atoms with van der Waals surface area (Å²) in [4.78, 5) is 26.1. The second-order valence-electron chi connectivity index (χ2n) is 7.21. The topological polar surface area (TPSA) is 58.6 Å². The van der Waals surface area contributed by atoms with Gasteiger partial charge in [-0.2, -0.15) is 0 Å². The second-order valence-corrected chi connectivity index (χ2v) is 7.21. The van der Waals surface area contributed by atoms with Crippen molar-refractivity contribution < 1.29 is 14.3 Å². The van der Waals surface area contributed by atoms with Gasteiger partial charge in [-0.25, -0.2) is 4.79 Å². The van der Waals surface area contributed by atoms with E-state index in [1.807, 2.05) is 66.7 Å². The van der Waals surface area contributed by atoms with Gasteiger partial charge in [0.05, 0.1) is 6.54 Å². The number of hydrogen-bond donors (Lipinski definition) is 1. The first kappa shape index (κ1) is 19.5. The molecular formula is C25H22N2O3. The number of imide groups is 1. The van der Waals surface area contributed by atoms with E-state index in [-0.39, 0.29) is 18.1 Å². The first-order valence-electron chi connectivity index (χ1n) is 9.75. The third-order valence-electron chi connectivity index (χ3n) is 4.86. The molecule has 5 heteroatoms. The Kier molecular flexibility index (Phi) is 5.61. The Morgan fingerprint density at radius 1 is 0.867 bits per heavy atom. The molecule has 0 radical (unpaired) electrons. The average molecular weight is 398 g/mol. The van der Waals surface area contributed by atoms with Crippen LogP contribution in [0.2, 0.25) is 0 Å². The summed E-state index contributed by atoms with van der Waals surface area (Å²) in [5.41, 5.74) is 4.29. The van der Waals surface area contributed by atoms with Crippen molar-refractivity contribution in [3.05, 3.63) is 107 Å². The maximum absolute atomic E-state index is 12.6. The number of hydrogen-bond acceptors (Lipinski definition) is 3. The van der Waals surface area contributed by atoms with Gasteiger partial charge in [0.15, 0.2) is 0 Å². The Bertz CT molecular complexity index is 1070. The zero-order chi connectivity index (χ0) is 20.9. The van der Waals surface area contributed by atoms with Crippen LogP contribution in [0.5, 0.6) is 5.75 Å². The lowest BCUT2D eigenvalue weighted by Gasteiger charge is -2.11. The lowest BCUT2D eigenvalue weighted by Crippen LogP contribution is -2.30. The van der Waals surface area contributed by atoms with Gasteiger partial charge in [0, 0.05) is 0 Å². The zero-order valence-electron chi connectivity index (χ0n) is 16.7. The molecule has 1 N–H and O–H groups in total. The van der Waals surface area contributed by atoms with E-state index in [1.54, 1.807) is 6.08 Å². The summed E-state index contributed by atoms with van der Waals surface area (Å²) in [6.07, 6.45) is 1.68. The molecule has 3 aromatic carbocycles. The minimum atomic E-state index is -0.409. The van der Waals surface area contributed by atoms with Crippen LogP contribution in [0.1, 0.15) is 22.3 Å². The Hall–Kier alpha value is -3.86. The van der Waals surface area contributed by atoms with Crippen LogP contribution in [0.3, 0.4) is 0 Å². The molecule has 0 unspecified atom stereocenters. The predicted octanol–water partition coefficient (Wildman–Crippen LogP) is 4.67. The van der Waals surface area contributed by atoms with Crippen molar-refractivity contribution in [3.8, 4) is 5.75 Å². The van der Waals surface area contributed by atoms with Gasteiger partial charge in [-0.15, -0.1) is 0 Å². The van der Waals surface area contributed by atoms with Crippen LogP contribution in [0.4, 0.5) is 4.79 Å². The highest BCUT2D eigenvalue weighted by atomic mass is 16.5. The number of nitrogens with one attached hydrogen (secondary N) is 1. The molecule has 0 spiro atoms. The number of urea groups is 1. The molecule has 1 saturated heterocycles. The predicted molar refractivity (Wildman–Crippen MR) is 115 cm³/mol. The van der Waals surface area contributed by atoms with Crippen molar-refractivity contribution in [2.24, 2.45) is 0 Å². The highest BCUT2D eigenvalue weighted by molar-refractivity contribution is 6.13. The maximum Gasteiger partial charge on any atom is 0.329 e. The molecule has 1 aliphatic heterocycles. The summed E-state index contributed by atoms with van der Waals surface area (Å²) in [7, 11) is 0. The number of aryl methyl sites for hydroxylation is 1. The van der Waals surface area contributed by atoms with Crippen LogP contribution in [-0.4, -0.2) is 16.8 Å². The summed E-state index contributed by atoms with van der Waals surface area (Å²) in [5.74, 6) is 0.411. The van der Waals surface area contributed by atoms with Crippen molar-refractivity contribution in [2.75, 3.05) is 0 Å². The fourth-order valence-electron chi connectivity index (χ4n) is 3.16. The molecule has 4 rings (SSSR count). The lowest BCUT2D eigenvalue weighted by atomic mass is 10.1. The Balaban J connectivity index is 1.40. The standard InChI is InChI=1S/C25H22N2O3/c1-18-7-9-21(10-8-18)17-30-22-13-11-19(12-14-22)15-23-24(28)27(25(29)26-23)16-20-5-3-2-4-6-20/h2-15H,16-17H2,1H3,(H,26,29). The summed E-state index contributed by atoms with van der Waals surface area (Å²) in [6.45, 7) is 2.79. The Morgan fingerprint density at radius 3 is 2.27 bits per heavy atom. The molecule has 3 aromatic rings. The van der Waals surface area contributed by atoms with Crippen molar-refractivity contribution in [3.63, 3.8) is 0 Å². The van der Waals surface area contributed by atoms with E-state index >= 15 is 0 Å². The van der Waals surface area contributed by atoms with Gasteiger partial charge in [-0.05, 0) is 41.8 Å². The molecule has 1 aliphatic rings. The summed E-state index contributed by atoms with van der Waals surface area (Å²) in [5, 5.41) is 2.66. The van der Waals surface area contributed by atoms with E-state index < -0.39 is 6.03 Å². The first-order valence-corrected chi connectivity index (χ1v) is 9.75. The fourth-order valence-corrected chi connectivity index (χ4v) is 3.16. The summed E-state index contributed by atoms with van der Waals surface area (Å²) >= 11 is 0. The smallest absolute Gasteiger partial charge is 0.329 e. The number of carbonyl (C=O) groups is 2. The Morgan fingerprint density at radius 2 is 1.57 bits per heavy atom. The summed E-state index contributed by atoms with van der Waals surface area (Å²) < 4.78 is 5.81. The average Bonchev–Trinajstić information content (AvgIpc) is 3.02. The fraction of sp³-hybridized carbons (Fsp3) is 0.120. The zero-order valence-corrected chi connectivity index (χ0v) is 16.7. The van der Waals surface area contributed by atoms with Crippen molar-refractivity contribution in [1.29, 1.82) is 0 Å². The van der Waals surface area contributed by atoms with E-state index in [0.717, 1.165) is 22.4 Å². The van der Waals surface area contributed by atoms with Crippen LogP contribution >= 0.6 is 0 Å². The van der Waals surface area contributed by atoms with E-state index in [2.05, 4.69) is 24.4 Å². The molecule has 0 saturated carbocycles. The molecular weight excluding hydrogens is 376 g/mol. The molecule has 1 heterocycles. The van der Waals surface area contributed by atoms with Gasteiger partial charge in [0.25, 0.3) is 5.91 Å². The van der Waals surface area contributed by atoms with Crippen molar-refractivity contribution in [1.82, 2.24) is 10.2 Å². The molecule has 0 atom stereocenters. The van der Waals surface area contributed by atoms with Crippen LogP contribution in [0.15, 0.2) is 84.6 Å². The highest BCUT2D eigenvalue weighted by Gasteiger charge is 2.33. The van der Waals surface area contributed by atoms with Gasteiger partial charge in [0.2, 0.25) is 0 Å². The number of nitrogens with zero attached hydrogens (tertiary/aromatic N) is 1. The third-order valence-corrected chi connectivity index (χ3v) is 4.86. The van der Waals surface area contributed by atoms with Crippen LogP contribution < -0.4 is 10.1 Å². The minimum Gasteiger partial charge on any atom is -0.489 e. The normalized spacial score (nSPS) is 14.8. The molecule has 30 heavy (non-hydrogen) atoms. The largest absolute Gasteiger partial charge is 0.489 e. The van der Waals surface area contributed by atoms with Crippen LogP contribution in [-0.2, 0) is 17.9 Å². The van der Waals surface area contributed by atoms with Gasteiger partial charge >= 0.3 is 6.03 Å². The molecule has 0 aromatic heterocycles. The monoisotopic (exact) mass is 398 g/mol. The Labute approximate surface area is 175 Å². The number of benzene rings is 3. The number of carbonyl (C=O) groups excluding carboxylic acids is 2. The molecule has 0 aliphatic carbocycles. The second kappa shape index (κ2) is 8.66. The van der Waals surface area contributed by atoms with Crippen LogP contribution in [0, 0.1) is 6.92 Å². The molecule has 5 nitrogen and oxygen atoms in total. The van der Waals surface area contributed by atoms with Crippen LogP contribution in [0.25, 0.3) is 6.08 Å². The van der Waals surface area contributed by atoms with E-state index in [4.69, 9.17) is 4.74 Å². The molecule has 0 bridgehead atoms. The van der Waals surface area contributed by atoms with E-state index in [1.165, 1.54) is 10.5 Å². The third kappa shape index (κ3) is 4.58. The quantitative estimate of drug-likeness (QED) is 0.485. The highest BCUT2D eigenvalue weighted by Crippen LogP contribution is 2.19.